The second-order valence-corrected chi connectivity index (χ2v) is 3.58. The molecule has 3 rings (SSSR count). The van der Waals surface area contributed by atoms with Crippen molar-refractivity contribution in [2.24, 2.45) is 4.99 Å². The normalized spacial score (nSPS) is 17.4. The number of aliphatic imine (C=N–C) groups is 1. The van der Waals surface area contributed by atoms with Gasteiger partial charge in [-0.05, 0) is 4.90 Å². The molecule has 1 aromatic carbocycles. The molecule has 2 N–H and O–H groups in total. The van der Waals surface area contributed by atoms with E-state index in [4.69, 9.17) is 5.21 Å². The lowest BCUT2D eigenvalue weighted by atomic mass is 10.1. The van der Waals surface area contributed by atoms with E-state index in [0.717, 1.165) is 17.1 Å². The average Bonchev–Trinajstić information content (AvgIpc) is 2.76. The second kappa shape index (κ2) is 3.14. The van der Waals surface area contributed by atoms with Crippen LogP contribution in [0, 0.1) is 4.91 Å². The first kappa shape index (κ1) is 9.05. The van der Waals surface area contributed by atoms with Crippen LogP contribution in [-0.4, -0.2) is 23.0 Å². The lowest BCUT2D eigenvalue weighted by Gasteiger charge is -2.16. The van der Waals surface area contributed by atoms with Gasteiger partial charge in [-0.25, -0.2) is 10.2 Å². The van der Waals surface area contributed by atoms with E-state index in [-0.39, 0.29) is 10.6 Å². The molecule has 0 bridgehead atoms. The van der Waals surface area contributed by atoms with Gasteiger partial charge in [-0.15, -0.1) is 0 Å². The van der Waals surface area contributed by atoms with Crippen molar-refractivity contribution in [3.8, 4) is 0 Å². The molecule has 2 aliphatic rings. The molecule has 0 aromatic heterocycles. The van der Waals surface area contributed by atoms with Crippen LogP contribution < -0.4 is 10.2 Å². The minimum absolute atomic E-state index is 0.147. The van der Waals surface area contributed by atoms with E-state index in [0.29, 0.717) is 6.54 Å². The Hall–Kier alpha value is -2.21. The molecule has 0 atom stereocenters. The SMILES string of the molecule is O=[N+](O)c1ccc2c(c1)NCC1=CN=C[N+]12. The van der Waals surface area contributed by atoms with Crippen molar-refractivity contribution in [2.75, 3.05) is 11.9 Å². The van der Waals surface area contributed by atoms with Crippen molar-refractivity contribution >= 4 is 23.4 Å². The quantitative estimate of drug-likeness (QED) is 0.554. The number of hydrogen-bond acceptors (Lipinski definition) is 4. The molecular weight excluding hydrogens is 208 g/mol. The summed E-state index contributed by atoms with van der Waals surface area (Å²) in [4.78, 5) is 16.6. The third kappa shape index (κ3) is 1.20. The Morgan fingerprint density at radius 3 is 3.19 bits per heavy atom. The third-order valence-electron chi connectivity index (χ3n) is 2.64. The predicted molar refractivity (Wildman–Crippen MR) is 58.4 cm³/mol. The number of nitrogens with one attached hydrogen (secondary N) is 1. The van der Waals surface area contributed by atoms with Crippen LogP contribution in [0.4, 0.5) is 17.1 Å². The van der Waals surface area contributed by atoms with E-state index >= 15 is 0 Å². The van der Waals surface area contributed by atoms with Gasteiger partial charge < -0.3 is 5.32 Å². The minimum Gasteiger partial charge on any atom is -0.370 e. The first-order chi connectivity index (χ1) is 7.75. The molecule has 79 valence electrons. The number of rotatable bonds is 1. The first-order valence-electron chi connectivity index (χ1n) is 4.81. The standard InChI is InChI=1S/C10H9N4O2/c15-14(16)7-1-2-10-9(3-7)12-5-8-4-11-6-13(8)10/h1-4,6,12H,5H2,(H,15,16)/q+2. The van der Waals surface area contributed by atoms with Gasteiger partial charge >= 0.3 is 5.69 Å². The highest BCUT2D eigenvalue weighted by Gasteiger charge is 2.35. The molecular formula is C10H9N4O2+2. The van der Waals surface area contributed by atoms with Gasteiger partial charge in [0, 0.05) is 18.2 Å². The molecule has 0 spiro atoms. The van der Waals surface area contributed by atoms with E-state index in [9.17, 15) is 4.91 Å². The summed E-state index contributed by atoms with van der Waals surface area (Å²) >= 11 is 0. The average molecular weight is 217 g/mol. The number of anilines is 2. The highest BCUT2D eigenvalue weighted by Crippen LogP contribution is 2.35. The summed E-state index contributed by atoms with van der Waals surface area (Å²) in [5.74, 6) is 0. The molecule has 0 fully saturated rings. The molecule has 1 radical (unpaired) electrons. The molecule has 0 amide bonds. The molecule has 0 unspecified atom stereocenters. The zero-order valence-electron chi connectivity index (χ0n) is 8.29. The summed E-state index contributed by atoms with van der Waals surface area (Å²) in [5, 5.41) is 12.0. The van der Waals surface area contributed by atoms with E-state index in [1.807, 2.05) is 4.90 Å². The molecule has 6 heteroatoms. The Balaban J connectivity index is 2.09. The lowest BCUT2D eigenvalue weighted by Crippen LogP contribution is -2.29. The Morgan fingerprint density at radius 2 is 2.38 bits per heavy atom. The second-order valence-electron chi connectivity index (χ2n) is 3.58. The van der Waals surface area contributed by atoms with Crippen LogP contribution in [-0.2, 0) is 0 Å². The van der Waals surface area contributed by atoms with E-state index in [1.165, 1.54) is 0 Å². The predicted octanol–water partition coefficient (Wildman–Crippen LogP) is 1.57. The lowest BCUT2D eigenvalue weighted by molar-refractivity contribution is -0.729. The largest absolute Gasteiger partial charge is 0.370 e. The maximum atomic E-state index is 10.8. The first-order valence-corrected chi connectivity index (χ1v) is 4.81. The maximum Gasteiger partial charge on any atom is 0.319 e. The van der Waals surface area contributed by atoms with Crippen molar-refractivity contribution < 1.29 is 10.1 Å². The van der Waals surface area contributed by atoms with Gasteiger partial charge in [0.2, 0.25) is 11.4 Å². The number of fused-ring (bicyclic) bond motifs is 3. The van der Waals surface area contributed by atoms with Crippen LogP contribution in [0.5, 0.6) is 0 Å². The van der Waals surface area contributed by atoms with E-state index < -0.39 is 0 Å². The smallest absolute Gasteiger partial charge is 0.319 e. The maximum absolute atomic E-state index is 10.8. The molecule has 0 aliphatic carbocycles. The van der Waals surface area contributed by atoms with Gasteiger partial charge in [0.15, 0.2) is 0 Å². The summed E-state index contributed by atoms with van der Waals surface area (Å²) in [6.45, 7) is 0.654. The van der Waals surface area contributed by atoms with Gasteiger partial charge in [0.1, 0.15) is 5.69 Å². The van der Waals surface area contributed by atoms with Crippen LogP contribution in [0.3, 0.4) is 0 Å². The molecule has 2 aliphatic heterocycles. The number of nitrogens with zero attached hydrogens (tertiary/aromatic N) is 3. The Kier molecular flexibility index (Phi) is 1.78. The molecule has 0 saturated carbocycles. The van der Waals surface area contributed by atoms with Gasteiger partial charge in [0.25, 0.3) is 11.3 Å². The monoisotopic (exact) mass is 217 g/mol. The van der Waals surface area contributed by atoms with Crippen LogP contribution in [0.25, 0.3) is 0 Å². The summed E-state index contributed by atoms with van der Waals surface area (Å²) in [5.41, 5.74) is 2.99. The van der Waals surface area contributed by atoms with Gasteiger partial charge in [-0.1, -0.05) is 0 Å². The topological polar surface area (TPSA) is 70.6 Å². The van der Waals surface area contributed by atoms with Crippen LogP contribution in [0.2, 0.25) is 0 Å². The Bertz CT molecular complexity index is 536. The molecule has 1 aromatic rings. The van der Waals surface area contributed by atoms with Crippen molar-refractivity contribution in [2.45, 2.75) is 0 Å². The highest BCUT2D eigenvalue weighted by atomic mass is 16.6. The Morgan fingerprint density at radius 1 is 1.50 bits per heavy atom. The number of hydrogen-bond donors (Lipinski definition) is 2. The molecule has 6 nitrogen and oxygen atoms in total. The van der Waals surface area contributed by atoms with Crippen molar-refractivity contribution in [3.05, 3.63) is 35.0 Å². The third-order valence-corrected chi connectivity index (χ3v) is 2.64. The van der Waals surface area contributed by atoms with Crippen molar-refractivity contribution in [1.82, 2.24) is 4.90 Å². The summed E-state index contributed by atoms with van der Waals surface area (Å²) in [7, 11) is 0. The Labute approximate surface area is 91.0 Å². The highest BCUT2D eigenvalue weighted by molar-refractivity contribution is 5.85. The number of benzene rings is 1. The van der Waals surface area contributed by atoms with Crippen molar-refractivity contribution in [3.63, 3.8) is 0 Å². The fourth-order valence-corrected chi connectivity index (χ4v) is 1.85. The van der Waals surface area contributed by atoms with Gasteiger partial charge in [0.05, 0.1) is 17.7 Å². The van der Waals surface area contributed by atoms with Crippen LogP contribution in [0.15, 0.2) is 35.1 Å². The zero-order chi connectivity index (χ0) is 11.1. The summed E-state index contributed by atoms with van der Waals surface area (Å²) < 4.78 is 0. The van der Waals surface area contributed by atoms with E-state index in [1.54, 1.807) is 30.7 Å². The van der Waals surface area contributed by atoms with Crippen LogP contribution >= 0.6 is 0 Å². The molecule has 0 saturated heterocycles. The van der Waals surface area contributed by atoms with Gasteiger partial charge in [-0.3, -0.25) is 0 Å². The zero-order valence-corrected chi connectivity index (χ0v) is 8.29. The summed E-state index contributed by atoms with van der Waals surface area (Å²) in [6.07, 6.45) is 3.51. The minimum atomic E-state index is -0.147. The summed E-state index contributed by atoms with van der Waals surface area (Å²) in [6, 6.07) is 4.93. The fraction of sp³-hybridized carbons (Fsp3) is 0.100. The van der Waals surface area contributed by atoms with Crippen molar-refractivity contribution in [1.29, 1.82) is 0 Å². The molecule has 16 heavy (non-hydrogen) atoms. The fourth-order valence-electron chi connectivity index (χ4n) is 1.85. The van der Waals surface area contributed by atoms with E-state index in [2.05, 4.69) is 10.3 Å². The van der Waals surface area contributed by atoms with Gasteiger partial charge in [-0.2, -0.15) is 0 Å². The van der Waals surface area contributed by atoms with Crippen LogP contribution in [0.1, 0.15) is 0 Å². The molecule has 2 heterocycles.